The van der Waals surface area contributed by atoms with Crippen LogP contribution in [0.3, 0.4) is 0 Å². The number of nitrogens with one attached hydrogen (secondary N) is 1. The van der Waals surface area contributed by atoms with Crippen molar-refractivity contribution in [2.24, 2.45) is 5.92 Å². The standard InChI is InChI=1S/C16H17Cl2NO3S2/c1-10-7-14(13(18)8-12(10)17)24(21,22)19-9-16(20,11-4-5-11)15-3-2-6-23-15/h2-3,6-8,11,19-20H,4-5,9H2,1H3. The molecule has 0 spiro atoms. The summed E-state index contributed by atoms with van der Waals surface area (Å²) in [6.45, 7) is 1.63. The van der Waals surface area contributed by atoms with Gasteiger partial charge in [-0.1, -0.05) is 29.3 Å². The molecule has 130 valence electrons. The lowest BCUT2D eigenvalue weighted by Crippen LogP contribution is -2.42. The van der Waals surface area contributed by atoms with Crippen LogP contribution >= 0.6 is 34.5 Å². The zero-order chi connectivity index (χ0) is 17.5. The third kappa shape index (κ3) is 3.49. The normalized spacial score (nSPS) is 17.7. The molecule has 3 rings (SSSR count). The van der Waals surface area contributed by atoms with E-state index in [9.17, 15) is 13.5 Å². The summed E-state index contributed by atoms with van der Waals surface area (Å²) in [5, 5.41) is 13.4. The highest BCUT2D eigenvalue weighted by molar-refractivity contribution is 7.89. The van der Waals surface area contributed by atoms with E-state index in [1.165, 1.54) is 23.5 Å². The second-order valence-corrected chi connectivity index (χ2v) is 9.53. The number of rotatable bonds is 6. The smallest absolute Gasteiger partial charge is 0.242 e. The summed E-state index contributed by atoms with van der Waals surface area (Å²) in [6, 6.07) is 6.53. The van der Waals surface area contributed by atoms with E-state index in [4.69, 9.17) is 23.2 Å². The Hall–Kier alpha value is -0.630. The molecule has 4 nitrogen and oxygen atoms in total. The molecule has 0 bridgehead atoms. The predicted octanol–water partition coefficient (Wildman–Crippen LogP) is 3.94. The summed E-state index contributed by atoms with van der Waals surface area (Å²) in [5.74, 6) is 0.0706. The van der Waals surface area contributed by atoms with E-state index in [0.717, 1.165) is 17.7 Å². The van der Waals surface area contributed by atoms with Gasteiger partial charge in [0.05, 0.1) is 5.02 Å². The van der Waals surface area contributed by atoms with Gasteiger partial charge >= 0.3 is 0 Å². The van der Waals surface area contributed by atoms with Crippen LogP contribution in [-0.4, -0.2) is 20.1 Å². The minimum atomic E-state index is -3.86. The molecule has 0 radical (unpaired) electrons. The summed E-state index contributed by atoms with van der Waals surface area (Å²) in [7, 11) is -3.86. The molecule has 0 saturated heterocycles. The zero-order valence-electron chi connectivity index (χ0n) is 12.9. The maximum Gasteiger partial charge on any atom is 0.242 e. The molecule has 1 unspecified atom stereocenters. The van der Waals surface area contributed by atoms with E-state index < -0.39 is 15.6 Å². The molecular formula is C16H17Cl2NO3S2. The number of aliphatic hydroxyl groups is 1. The third-order valence-electron chi connectivity index (χ3n) is 4.23. The lowest BCUT2D eigenvalue weighted by molar-refractivity contribution is 0.0222. The zero-order valence-corrected chi connectivity index (χ0v) is 16.1. The first-order chi connectivity index (χ1) is 11.2. The number of thiophene rings is 1. The van der Waals surface area contributed by atoms with E-state index in [-0.39, 0.29) is 22.4 Å². The Morgan fingerprint density at radius 1 is 1.33 bits per heavy atom. The molecule has 1 aromatic heterocycles. The third-order valence-corrected chi connectivity index (χ3v) is 7.54. The van der Waals surface area contributed by atoms with Crippen molar-refractivity contribution in [1.82, 2.24) is 4.72 Å². The molecule has 1 heterocycles. The summed E-state index contributed by atoms with van der Waals surface area (Å²) in [4.78, 5) is 0.737. The number of aryl methyl sites for hydroxylation is 1. The maximum absolute atomic E-state index is 12.6. The average Bonchev–Trinajstić information content (AvgIpc) is 3.23. The van der Waals surface area contributed by atoms with Gasteiger partial charge in [0, 0.05) is 16.4 Å². The number of hydrogen-bond donors (Lipinski definition) is 2. The molecular weight excluding hydrogens is 389 g/mol. The molecule has 2 aromatic rings. The van der Waals surface area contributed by atoms with E-state index in [0.29, 0.717) is 10.6 Å². The molecule has 8 heteroatoms. The van der Waals surface area contributed by atoms with Crippen LogP contribution in [0.1, 0.15) is 23.3 Å². The van der Waals surface area contributed by atoms with Crippen LogP contribution in [-0.2, 0) is 15.6 Å². The lowest BCUT2D eigenvalue weighted by Gasteiger charge is -2.27. The van der Waals surface area contributed by atoms with Crippen LogP contribution in [0, 0.1) is 12.8 Å². The summed E-state index contributed by atoms with van der Waals surface area (Å²) in [5.41, 5.74) is -0.563. The van der Waals surface area contributed by atoms with Crippen molar-refractivity contribution < 1.29 is 13.5 Å². The van der Waals surface area contributed by atoms with Crippen molar-refractivity contribution >= 4 is 44.6 Å². The Kier molecular flexibility index (Phi) is 4.99. The molecule has 1 aliphatic carbocycles. The monoisotopic (exact) mass is 405 g/mol. The summed E-state index contributed by atoms with van der Waals surface area (Å²) < 4.78 is 27.8. The highest BCUT2D eigenvalue weighted by Crippen LogP contribution is 2.47. The van der Waals surface area contributed by atoms with Crippen molar-refractivity contribution in [2.45, 2.75) is 30.3 Å². The van der Waals surface area contributed by atoms with Gasteiger partial charge in [0.1, 0.15) is 10.5 Å². The number of halogens is 2. The first kappa shape index (κ1) is 18.2. The number of hydrogen-bond acceptors (Lipinski definition) is 4. The predicted molar refractivity (Wildman–Crippen MR) is 97.3 cm³/mol. The number of benzene rings is 1. The Bertz CT molecular complexity index is 848. The molecule has 1 aliphatic rings. The minimum absolute atomic E-state index is 0.0320. The van der Waals surface area contributed by atoms with Gasteiger partial charge in [0.2, 0.25) is 10.0 Å². The lowest BCUT2D eigenvalue weighted by atomic mass is 9.96. The van der Waals surface area contributed by atoms with Crippen molar-refractivity contribution in [2.75, 3.05) is 6.54 Å². The molecule has 0 amide bonds. The quantitative estimate of drug-likeness (QED) is 0.764. The average molecular weight is 406 g/mol. The summed E-state index contributed by atoms with van der Waals surface area (Å²) >= 11 is 13.4. The van der Waals surface area contributed by atoms with Crippen molar-refractivity contribution in [3.05, 3.63) is 50.1 Å². The van der Waals surface area contributed by atoms with Gasteiger partial charge < -0.3 is 5.11 Å². The highest BCUT2D eigenvalue weighted by atomic mass is 35.5. The Balaban J connectivity index is 1.86. The maximum atomic E-state index is 12.6. The van der Waals surface area contributed by atoms with Gasteiger partial charge in [-0.2, -0.15) is 0 Å². The molecule has 1 saturated carbocycles. The SMILES string of the molecule is Cc1cc(S(=O)(=O)NCC(O)(c2cccs2)C2CC2)c(Cl)cc1Cl. The van der Waals surface area contributed by atoms with Crippen LogP contribution < -0.4 is 4.72 Å². The highest BCUT2D eigenvalue weighted by Gasteiger charge is 2.46. The first-order valence-corrected chi connectivity index (χ1v) is 10.6. The van der Waals surface area contributed by atoms with Gasteiger partial charge in [-0.25, -0.2) is 13.1 Å². The van der Waals surface area contributed by atoms with E-state index in [1.54, 1.807) is 6.92 Å². The Labute approximate surface area is 155 Å². The first-order valence-electron chi connectivity index (χ1n) is 7.46. The second kappa shape index (κ2) is 6.59. The Morgan fingerprint density at radius 3 is 2.62 bits per heavy atom. The topological polar surface area (TPSA) is 66.4 Å². The van der Waals surface area contributed by atoms with Gasteiger partial charge in [0.15, 0.2) is 0 Å². The van der Waals surface area contributed by atoms with Crippen molar-refractivity contribution in [1.29, 1.82) is 0 Å². The molecule has 1 aromatic carbocycles. The van der Waals surface area contributed by atoms with Crippen LogP contribution in [0.15, 0.2) is 34.5 Å². The fourth-order valence-electron chi connectivity index (χ4n) is 2.64. The van der Waals surface area contributed by atoms with E-state index in [1.807, 2.05) is 17.5 Å². The van der Waals surface area contributed by atoms with Gasteiger partial charge in [-0.15, -0.1) is 11.3 Å². The molecule has 2 N–H and O–H groups in total. The van der Waals surface area contributed by atoms with E-state index >= 15 is 0 Å². The number of sulfonamides is 1. The van der Waals surface area contributed by atoms with Gasteiger partial charge in [0.25, 0.3) is 0 Å². The molecule has 24 heavy (non-hydrogen) atoms. The largest absolute Gasteiger partial charge is 0.383 e. The molecule has 0 aliphatic heterocycles. The minimum Gasteiger partial charge on any atom is -0.383 e. The Morgan fingerprint density at radius 2 is 2.04 bits per heavy atom. The van der Waals surface area contributed by atoms with E-state index in [2.05, 4.69) is 4.72 Å². The van der Waals surface area contributed by atoms with Crippen LogP contribution in [0.2, 0.25) is 10.0 Å². The fourth-order valence-corrected chi connectivity index (χ4v) is 5.44. The van der Waals surface area contributed by atoms with Crippen molar-refractivity contribution in [3.63, 3.8) is 0 Å². The summed E-state index contributed by atoms with van der Waals surface area (Å²) in [6.07, 6.45) is 1.77. The van der Waals surface area contributed by atoms with Crippen LogP contribution in [0.5, 0.6) is 0 Å². The molecule has 1 atom stereocenters. The van der Waals surface area contributed by atoms with Gasteiger partial charge in [-0.3, -0.25) is 0 Å². The van der Waals surface area contributed by atoms with Crippen LogP contribution in [0.25, 0.3) is 0 Å². The van der Waals surface area contributed by atoms with Crippen LogP contribution in [0.4, 0.5) is 0 Å². The molecule has 1 fully saturated rings. The van der Waals surface area contributed by atoms with Crippen molar-refractivity contribution in [3.8, 4) is 0 Å². The second-order valence-electron chi connectivity index (χ2n) is 6.03. The fraction of sp³-hybridized carbons (Fsp3) is 0.375. The van der Waals surface area contributed by atoms with Gasteiger partial charge in [-0.05, 0) is 54.8 Å².